The fraction of sp³-hybridized carbons (Fsp3) is 0.435. The minimum absolute atomic E-state index is 0.0772. The molecule has 8 heteroatoms. The minimum Gasteiger partial charge on any atom is -0.492 e. The zero-order valence-corrected chi connectivity index (χ0v) is 18.3. The van der Waals surface area contributed by atoms with E-state index >= 15 is 0 Å². The fourth-order valence-corrected chi connectivity index (χ4v) is 5.61. The normalized spacial score (nSPS) is 23.1. The van der Waals surface area contributed by atoms with Gasteiger partial charge in [0, 0.05) is 37.8 Å². The smallest absolute Gasteiger partial charge is 0.281 e. The van der Waals surface area contributed by atoms with Crippen LogP contribution in [0.3, 0.4) is 0 Å². The summed E-state index contributed by atoms with van der Waals surface area (Å²) < 4.78 is 12.9. The lowest BCUT2D eigenvalue weighted by atomic mass is 9.97. The molecule has 4 heterocycles. The summed E-state index contributed by atoms with van der Waals surface area (Å²) in [5.41, 5.74) is 0.706. The molecule has 3 aromatic rings. The second-order valence-electron chi connectivity index (χ2n) is 8.22. The second kappa shape index (κ2) is 8.80. The molecule has 162 valence electrons. The lowest BCUT2D eigenvalue weighted by Crippen LogP contribution is -2.51. The molecule has 1 N–H and O–H groups in total. The van der Waals surface area contributed by atoms with Crippen molar-refractivity contribution in [3.05, 3.63) is 42.6 Å². The SMILES string of the molecule is CC(=O)NC1C[C@H]2CC[C@@H](C1)N2CCOc1ccc(Oc2nc3ncccc3s2)cc1. The molecule has 31 heavy (non-hydrogen) atoms. The van der Waals surface area contributed by atoms with Crippen molar-refractivity contribution in [3.8, 4) is 16.7 Å². The molecule has 0 radical (unpaired) electrons. The largest absolute Gasteiger partial charge is 0.492 e. The summed E-state index contributed by atoms with van der Waals surface area (Å²) in [6, 6.07) is 13.0. The molecular weight excluding hydrogens is 412 g/mol. The first-order chi connectivity index (χ1) is 15.1. The average molecular weight is 439 g/mol. The molecule has 2 saturated heterocycles. The monoisotopic (exact) mass is 438 g/mol. The van der Waals surface area contributed by atoms with E-state index in [4.69, 9.17) is 9.47 Å². The average Bonchev–Trinajstić information content (AvgIpc) is 3.26. The lowest BCUT2D eigenvalue weighted by Gasteiger charge is -2.39. The Morgan fingerprint density at radius 1 is 1.16 bits per heavy atom. The van der Waals surface area contributed by atoms with Crippen molar-refractivity contribution >= 4 is 27.6 Å². The van der Waals surface area contributed by atoms with Gasteiger partial charge >= 0.3 is 0 Å². The predicted octanol–water partition coefficient (Wildman–Crippen LogP) is 3.99. The highest BCUT2D eigenvalue weighted by Gasteiger charge is 2.40. The Morgan fingerprint density at radius 3 is 2.61 bits per heavy atom. The third kappa shape index (κ3) is 4.65. The van der Waals surface area contributed by atoms with Gasteiger partial charge in [0.15, 0.2) is 5.65 Å². The van der Waals surface area contributed by atoms with Crippen molar-refractivity contribution in [2.24, 2.45) is 0 Å². The van der Waals surface area contributed by atoms with E-state index in [2.05, 4.69) is 20.2 Å². The summed E-state index contributed by atoms with van der Waals surface area (Å²) in [5.74, 6) is 1.64. The van der Waals surface area contributed by atoms with Gasteiger partial charge < -0.3 is 14.8 Å². The number of thiazole rings is 1. The number of benzene rings is 1. The Bertz CT molecular complexity index is 1010. The topological polar surface area (TPSA) is 76.6 Å². The Morgan fingerprint density at radius 2 is 1.90 bits per heavy atom. The number of carbonyl (C=O) groups is 1. The van der Waals surface area contributed by atoms with Crippen LogP contribution in [0.1, 0.15) is 32.6 Å². The summed E-state index contributed by atoms with van der Waals surface area (Å²) in [6.07, 6.45) is 6.25. The number of fused-ring (bicyclic) bond motifs is 3. The van der Waals surface area contributed by atoms with Crippen LogP contribution >= 0.6 is 11.3 Å². The van der Waals surface area contributed by atoms with Gasteiger partial charge in [0.05, 0.1) is 4.70 Å². The van der Waals surface area contributed by atoms with E-state index in [-0.39, 0.29) is 5.91 Å². The van der Waals surface area contributed by atoms with Crippen LogP contribution in [0.15, 0.2) is 42.6 Å². The molecule has 0 aliphatic carbocycles. The van der Waals surface area contributed by atoms with Crippen molar-refractivity contribution in [1.29, 1.82) is 0 Å². The zero-order valence-electron chi connectivity index (χ0n) is 17.5. The summed E-state index contributed by atoms with van der Waals surface area (Å²) in [5, 5.41) is 3.68. The Balaban J connectivity index is 1.11. The molecule has 0 spiro atoms. The van der Waals surface area contributed by atoms with Crippen molar-refractivity contribution < 1.29 is 14.3 Å². The third-order valence-corrected chi connectivity index (χ3v) is 6.97. The molecule has 2 bridgehead atoms. The van der Waals surface area contributed by atoms with Gasteiger partial charge in [-0.05, 0) is 62.1 Å². The van der Waals surface area contributed by atoms with Crippen LogP contribution in [0.25, 0.3) is 10.3 Å². The van der Waals surface area contributed by atoms with Crippen LogP contribution in [-0.2, 0) is 4.79 Å². The number of aromatic nitrogens is 2. The highest BCUT2D eigenvalue weighted by atomic mass is 32.1. The van der Waals surface area contributed by atoms with Gasteiger partial charge in [0.2, 0.25) is 5.91 Å². The highest BCUT2D eigenvalue weighted by molar-refractivity contribution is 7.20. The molecule has 2 aromatic heterocycles. The van der Waals surface area contributed by atoms with Crippen LogP contribution in [0.4, 0.5) is 0 Å². The number of hydrogen-bond acceptors (Lipinski definition) is 7. The van der Waals surface area contributed by atoms with E-state index in [9.17, 15) is 4.79 Å². The number of amides is 1. The Hall–Kier alpha value is -2.71. The van der Waals surface area contributed by atoms with Gasteiger partial charge in [0.1, 0.15) is 18.1 Å². The number of hydrogen-bond donors (Lipinski definition) is 1. The van der Waals surface area contributed by atoms with Crippen LogP contribution in [0.2, 0.25) is 0 Å². The van der Waals surface area contributed by atoms with Crippen molar-refractivity contribution in [1.82, 2.24) is 20.2 Å². The van der Waals surface area contributed by atoms with E-state index in [0.717, 1.165) is 35.6 Å². The van der Waals surface area contributed by atoms with Crippen molar-refractivity contribution in [2.75, 3.05) is 13.2 Å². The summed E-state index contributed by atoms with van der Waals surface area (Å²) in [4.78, 5) is 22.6. The van der Waals surface area contributed by atoms with Crippen molar-refractivity contribution in [2.45, 2.75) is 50.7 Å². The molecule has 1 amide bonds. The second-order valence-corrected chi connectivity index (χ2v) is 9.21. The predicted molar refractivity (Wildman–Crippen MR) is 120 cm³/mol. The van der Waals surface area contributed by atoms with E-state index in [1.165, 1.54) is 24.2 Å². The minimum atomic E-state index is 0.0772. The number of pyridine rings is 1. The molecule has 2 fully saturated rings. The fourth-order valence-electron chi connectivity index (χ4n) is 4.81. The molecule has 5 rings (SSSR count). The maximum absolute atomic E-state index is 11.4. The molecule has 2 aliphatic rings. The van der Waals surface area contributed by atoms with Gasteiger partial charge in [-0.15, -0.1) is 0 Å². The highest BCUT2D eigenvalue weighted by Crippen LogP contribution is 2.35. The number of rotatable bonds is 7. The lowest BCUT2D eigenvalue weighted by molar-refractivity contribution is -0.120. The first-order valence-corrected chi connectivity index (χ1v) is 11.6. The first kappa shape index (κ1) is 20.2. The van der Waals surface area contributed by atoms with Gasteiger partial charge in [0.25, 0.3) is 5.19 Å². The number of piperidine rings is 1. The Kier molecular flexibility index (Phi) is 5.74. The molecular formula is C23H26N4O3S. The van der Waals surface area contributed by atoms with Crippen LogP contribution in [0.5, 0.6) is 16.7 Å². The van der Waals surface area contributed by atoms with E-state index in [0.29, 0.717) is 35.6 Å². The molecule has 1 aromatic carbocycles. The Labute approximate surface area is 185 Å². The third-order valence-electron chi connectivity index (χ3n) is 6.08. The zero-order chi connectivity index (χ0) is 21.2. The van der Waals surface area contributed by atoms with E-state index in [1.807, 2.05) is 36.4 Å². The van der Waals surface area contributed by atoms with Crippen LogP contribution in [0, 0.1) is 0 Å². The molecule has 2 aliphatic heterocycles. The maximum Gasteiger partial charge on any atom is 0.281 e. The number of carbonyl (C=O) groups excluding carboxylic acids is 1. The van der Waals surface area contributed by atoms with E-state index < -0.39 is 0 Å². The number of ether oxygens (including phenoxy) is 2. The number of nitrogens with zero attached hydrogens (tertiary/aromatic N) is 3. The molecule has 3 atom stereocenters. The van der Waals surface area contributed by atoms with Crippen molar-refractivity contribution in [3.63, 3.8) is 0 Å². The quantitative estimate of drug-likeness (QED) is 0.601. The standard InChI is InChI=1S/C23H26N4O3S/c1-15(28)25-16-13-17-4-5-18(14-16)27(17)11-12-29-19-6-8-20(9-7-19)30-23-26-22-21(31-23)3-2-10-24-22/h2-3,6-10,16-18H,4-5,11-14H2,1H3,(H,25,28)/t16?,17-,18+. The van der Waals surface area contributed by atoms with Crippen LogP contribution in [-0.4, -0.2) is 52.1 Å². The first-order valence-electron chi connectivity index (χ1n) is 10.8. The summed E-state index contributed by atoms with van der Waals surface area (Å²) >= 11 is 1.48. The summed E-state index contributed by atoms with van der Waals surface area (Å²) in [6.45, 7) is 3.18. The van der Waals surface area contributed by atoms with E-state index in [1.54, 1.807) is 13.1 Å². The van der Waals surface area contributed by atoms with Crippen LogP contribution < -0.4 is 14.8 Å². The summed E-state index contributed by atoms with van der Waals surface area (Å²) in [7, 11) is 0. The molecule has 7 nitrogen and oxygen atoms in total. The van der Waals surface area contributed by atoms with Gasteiger partial charge in [-0.2, -0.15) is 4.98 Å². The van der Waals surface area contributed by atoms with Gasteiger partial charge in [-0.1, -0.05) is 11.3 Å². The number of nitrogens with one attached hydrogen (secondary N) is 1. The van der Waals surface area contributed by atoms with Gasteiger partial charge in [-0.3, -0.25) is 9.69 Å². The van der Waals surface area contributed by atoms with Gasteiger partial charge in [-0.25, -0.2) is 4.98 Å². The molecule has 1 unspecified atom stereocenters. The molecule has 0 saturated carbocycles. The maximum atomic E-state index is 11.4.